The minimum absolute atomic E-state index is 0.146. The lowest BCUT2D eigenvalue weighted by Gasteiger charge is -2.40. The van der Waals surface area contributed by atoms with Gasteiger partial charge in [0.2, 0.25) is 0 Å². The molecule has 0 amide bonds. The molecule has 0 spiro atoms. The zero-order valence-electron chi connectivity index (χ0n) is 13.3. The molecule has 1 N–H and O–H groups in total. The third-order valence-corrected chi connectivity index (χ3v) is 4.82. The van der Waals surface area contributed by atoms with Crippen LogP contribution in [0.3, 0.4) is 0 Å². The highest BCUT2D eigenvalue weighted by atomic mass is 16.3. The molecule has 0 heterocycles. The Morgan fingerprint density at radius 1 is 1.25 bits per heavy atom. The molecule has 2 nitrogen and oxygen atoms in total. The van der Waals surface area contributed by atoms with Crippen LogP contribution in [0, 0.1) is 24.7 Å². The SMILES string of the molecule is CCN(CC1C(C)CC(C)CC1O)c1cccc(C)c1. The Morgan fingerprint density at radius 3 is 2.60 bits per heavy atom. The third kappa shape index (κ3) is 3.54. The molecule has 1 fully saturated rings. The summed E-state index contributed by atoms with van der Waals surface area (Å²) in [5, 5.41) is 10.4. The monoisotopic (exact) mass is 275 g/mol. The van der Waals surface area contributed by atoms with Crippen LogP contribution < -0.4 is 4.90 Å². The van der Waals surface area contributed by atoms with Crippen molar-refractivity contribution in [3.8, 4) is 0 Å². The average molecular weight is 275 g/mol. The number of aryl methyl sites for hydroxylation is 1. The van der Waals surface area contributed by atoms with Gasteiger partial charge < -0.3 is 10.0 Å². The van der Waals surface area contributed by atoms with Gasteiger partial charge in [0.1, 0.15) is 0 Å². The number of hydrogen-bond acceptors (Lipinski definition) is 2. The van der Waals surface area contributed by atoms with E-state index in [1.807, 2.05) is 0 Å². The van der Waals surface area contributed by atoms with E-state index in [4.69, 9.17) is 0 Å². The fourth-order valence-electron chi connectivity index (χ4n) is 3.67. The highest BCUT2D eigenvalue weighted by Crippen LogP contribution is 2.35. The number of rotatable bonds is 4. The summed E-state index contributed by atoms with van der Waals surface area (Å²) < 4.78 is 0. The molecule has 1 aliphatic rings. The van der Waals surface area contributed by atoms with Crippen LogP contribution >= 0.6 is 0 Å². The topological polar surface area (TPSA) is 23.5 Å². The van der Waals surface area contributed by atoms with Crippen molar-refractivity contribution in [2.45, 2.75) is 46.6 Å². The first-order valence-electron chi connectivity index (χ1n) is 8.01. The highest BCUT2D eigenvalue weighted by molar-refractivity contribution is 5.48. The molecule has 1 aromatic rings. The molecule has 112 valence electrons. The molecule has 0 bridgehead atoms. The normalized spacial score (nSPS) is 30.2. The van der Waals surface area contributed by atoms with Crippen LogP contribution in [-0.4, -0.2) is 24.3 Å². The van der Waals surface area contributed by atoms with Crippen LogP contribution in [0.1, 0.15) is 39.2 Å². The van der Waals surface area contributed by atoms with Gasteiger partial charge in [-0.25, -0.2) is 0 Å². The number of anilines is 1. The van der Waals surface area contributed by atoms with E-state index in [1.165, 1.54) is 17.7 Å². The van der Waals surface area contributed by atoms with E-state index in [0.29, 0.717) is 17.8 Å². The van der Waals surface area contributed by atoms with Gasteiger partial charge >= 0.3 is 0 Å². The van der Waals surface area contributed by atoms with Gasteiger partial charge in [-0.05, 0) is 56.2 Å². The van der Waals surface area contributed by atoms with E-state index < -0.39 is 0 Å². The van der Waals surface area contributed by atoms with Crippen molar-refractivity contribution in [2.75, 3.05) is 18.0 Å². The summed E-state index contributed by atoms with van der Waals surface area (Å²) in [6.45, 7) is 10.9. The second-order valence-corrected chi connectivity index (χ2v) is 6.66. The predicted octanol–water partition coefficient (Wildman–Crippen LogP) is 3.86. The Kier molecular flexibility index (Phi) is 5.09. The predicted molar refractivity (Wildman–Crippen MR) is 86.1 cm³/mol. The van der Waals surface area contributed by atoms with Crippen molar-refractivity contribution in [3.63, 3.8) is 0 Å². The van der Waals surface area contributed by atoms with E-state index in [1.54, 1.807) is 0 Å². The zero-order chi connectivity index (χ0) is 14.7. The van der Waals surface area contributed by atoms with Crippen LogP contribution in [0.15, 0.2) is 24.3 Å². The Balaban J connectivity index is 2.09. The second-order valence-electron chi connectivity index (χ2n) is 6.66. The van der Waals surface area contributed by atoms with Crippen molar-refractivity contribution in [3.05, 3.63) is 29.8 Å². The molecule has 1 aromatic carbocycles. The van der Waals surface area contributed by atoms with Crippen molar-refractivity contribution in [1.29, 1.82) is 0 Å². The number of benzene rings is 1. The van der Waals surface area contributed by atoms with Crippen molar-refractivity contribution in [1.82, 2.24) is 0 Å². The lowest BCUT2D eigenvalue weighted by atomic mass is 9.73. The molecule has 2 heteroatoms. The van der Waals surface area contributed by atoms with Gasteiger partial charge in [0.25, 0.3) is 0 Å². The maximum atomic E-state index is 10.4. The molecule has 2 rings (SSSR count). The van der Waals surface area contributed by atoms with Gasteiger partial charge in [-0.1, -0.05) is 26.0 Å². The first kappa shape index (κ1) is 15.4. The Labute approximate surface area is 123 Å². The summed E-state index contributed by atoms with van der Waals surface area (Å²) in [4.78, 5) is 2.41. The van der Waals surface area contributed by atoms with E-state index in [2.05, 4.69) is 56.9 Å². The van der Waals surface area contributed by atoms with Crippen molar-refractivity contribution in [2.24, 2.45) is 17.8 Å². The zero-order valence-corrected chi connectivity index (χ0v) is 13.3. The smallest absolute Gasteiger partial charge is 0.0590 e. The maximum absolute atomic E-state index is 10.4. The van der Waals surface area contributed by atoms with Crippen molar-refractivity contribution >= 4 is 5.69 Å². The number of aliphatic hydroxyl groups excluding tert-OH is 1. The van der Waals surface area contributed by atoms with E-state index in [-0.39, 0.29) is 6.10 Å². The summed E-state index contributed by atoms with van der Waals surface area (Å²) in [6.07, 6.45) is 2.06. The minimum atomic E-state index is -0.146. The Bertz CT molecular complexity index is 419. The number of nitrogens with zero attached hydrogens (tertiary/aromatic N) is 1. The Hall–Kier alpha value is -1.02. The molecule has 0 aromatic heterocycles. The standard InChI is InChI=1S/C18H29NO/c1-5-19(16-8-6-7-13(2)10-16)12-17-15(4)9-14(3)11-18(17)20/h6-8,10,14-15,17-18,20H,5,9,11-12H2,1-4H3. The summed E-state index contributed by atoms with van der Waals surface area (Å²) in [5.41, 5.74) is 2.58. The van der Waals surface area contributed by atoms with Gasteiger partial charge in [-0.15, -0.1) is 0 Å². The van der Waals surface area contributed by atoms with Crippen LogP contribution in [0.5, 0.6) is 0 Å². The largest absolute Gasteiger partial charge is 0.393 e. The van der Waals surface area contributed by atoms with Crippen molar-refractivity contribution < 1.29 is 5.11 Å². The first-order valence-corrected chi connectivity index (χ1v) is 8.01. The fourth-order valence-corrected chi connectivity index (χ4v) is 3.67. The van der Waals surface area contributed by atoms with E-state index in [0.717, 1.165) is 19.5 Å². The fraction of sp³-hybridized carbons (Fsp3) is 0.667. The summed E-state index contributed by atoms with van der Waals surface area (Å²) in [6, 6.07) is 8.68. The lowest BCUT2D eigenvalue weighted by molar-refractivity contribution is 0.0201. The Morgan fingerprint density at radius 2 is 2.00 bits per heavy atom. The van der Waals surface area contributed by atoms with E-state index >= 15 is 0 Å². The first-order chi connectivity index (χ1) is 9.51. The van der Waals surface area contributed by atoms with E-state index in [9.17, 15) is 5.11 Å². The number of hydrogen-bond donors (Lipinski definition) is 1. The van der Waals surface area contributed by atoms with Crippen LogP contribution in [0.4, 0.5) is 5.69 Å². The van der Waals surface area contributed by atoms with Gasteiger partial charge in [-0.2, -0.15) is 0 Å². The molecule has 0 aliphatic heterocycles. The van der Waals surface area contributed by atoms with Gasteiger partial charge in [0, 0.05) is 24.7 Å². The second kappa shape index (κ2) is 6.62. The highest BCUT2D eigenvalue weighted by Gasteiger charge is 2.33. The van der Waals surface area contributed by atoms with Gasteiger partial charge in [0.15, 0.2) is 0 Å². The molecular formula is C18H29NO. The molecule has 0 radical (unpaired) electrons. The van der Waals surface area contributed by atoms with Crippen LogP contribution in [0.2, 0.25) is 0 Å². The maximum Gasteiger partial charge on any atom is 0.0590 e. The molecule has 0 saturated heterocycles. The molecule has 1 aliphatic carbocycles. The van der Waals surface area contributed by atoms with Crippen LogP contribution in [0.25, 0.3) is 0 Å². The summed E-state index contributed by atoms with van der Waals surface area (Å²) in [5.74, 6) is 1.66. The molecule has 20 heavy (non-hydrogen) atoms. The molecule has 4 atom stereocenters. The third-order valence-electron chi connectivity index (χ3n) is 4.82. The molecule has 1 saturated carbocycles. The lowest BCUT2D eigenvalue weighted by Crippen LogP contribution is -2.42. The van der Waals surface area contributed by atoms with Gasteiger partial charge in [-0.3, -0.25) is 0 Å². The molecular weight excluding hydrogens is 246 g/mol. The summed E-state index contributed by atoms with van der Waals surface area (Å²) in [7, 11) is 0. The quantitative estimate of drug-likeness (QED) is 0.902. The number of aliphatic hydroxyl groups is 1. The average Bonchev–Trinajstić information content (AvgIpc) is 2.38. The summed E-state index contributed by atoms with van der Waals surface area (Å²) >= 11 is 0. The van der Waals surface area contributed by atoms with Gasteiger partial charge in [0.05, 0.1) is 6.10 Å². The minimum Gasteiger partial charge on any atom is -0.393 e. The molecule has 4 unspecified atom stereocenters. The van der Waals surface area contributed by atoms with Crippen LogP contribution in [-0.2, 0) is 0 Å².